The molecule has 0 saturated carbocycles. The molecule has 10 heteroatoms. The Hall–Kier alpha value is -4.34. The Bertz CT molecular complexity index is 1260. The van der Waals surface area contributed by atoms with Gasteiger partial charge in [-0.05, 0) is 30.3 Å². The van der Waals surface area contributed by atoms with Crippen molar-refractivity contribution >= 4 is 11.6 Å². The summed E-state index contributed by atoms with van der Waals surface area (Å²) < 4.78 is 36.4. The lowest BCUT2D eigenvalue weighted by Gasteiger charge is -2.11. The maximum absolute atomic E-state index is 14.0. The Morgan fingerprint density at radius 1 is 1.06 bits per heavy atom. The summed E-state index contributed by atoms with van der Waals surface area (Å²) >= 11 is 0. The number of hydrogen-bond donors (Lipinski definition) is 1. The highest BCUT2D eigenvalue weighted by molar-refractivity contribution is 5.91. The van der Waals surface area contributed by atoms with E-state index in [4.69, 9.17) is 18.7 Å². The van der Waals surface area contributed by atoms with Gasteiger partial charge in [0.2, 0.25) is 11.7 Å². The Balaban J connectivity index is 1.51. The summed E-state index contributed by atoms with van der Waals surface area (Å²) in [6, 6.07) is 13.0. The molecule has 0 unspecified atom stereocenters. The van der Waals surface area contributed by atoms with Crippen LogP contribution in [-0.4, -0.2) is 41.9 Å². The third-order valence-electron chi connectivity index (χ3n) is 4.83. The van der Waals surface area contributed by atoms with E-state index in [1.807, 2.05) is 0 Å². The zero-order valence-corrected chi connectivity index (χ0v) is 18.2. The smallest absolute Gasteiger partial charge is 0.274 e. The Morgan fingerprint density at radius 3 is 2.48 bits per heavy atom. The number of benzene rings is 2. The number of amides is 1. The zero-order valence-electron chi connectivity index (χ0n) is 18.2. The lowest BCUT2D eigenvalue weighted by Crippen LogP contribution is -2.18. The SMILES string of the molecule is COc1cc(NC(=O)Cn2cccc2-c2nc(-c3ccc(OC)c(F)c3)no2)cc(OC)c1. The number of aromatic nitrogens is 3. The molecule has 9 nitrogen and oxygen atoms in total. The predicted octanol–water partition coefficient (Wildman–Crippen LogP) is 4.01. The summed E-state index contributed by atoms with van der Waals surface area (Å²) in [5.74, 6) is 0.833. The third kappa shape index (κ3) is 4.79. The highest BCUT2D eigenvalue weighted by Gasteiger charge is 2.17. The topological polar surface area (TPSA) is 101 Å². The monoisotopic (exact) mass is 452 g/mol. The zero-order chi connectivity index (χ0) is 23.4. The van der Waals surface area contributed by atoms with Crippen LogP contribution in [0.4, 0.5) is 10.1 Å². The number of ether oxygens (including phenoxy) is 3. The molecule has 0 saturated heterocycles. The van der Waals surface area contributed by atoms with Gasteiger partial charge in [-0.25, -0.2) is 4.39 Å². The van der Waals surface area contributed by atoms with Crippen molar-refractivity contribution in [2.75, 3.05) is 26.6 Å². The van der Waals surface area contributed by atoms with E-state index in [-0.39, 0.29) is 29.9 Å². The second-order valence-corrected chi connectivity index (χ2v) is 6.94. The van der Waals surface area contributed by atoms with Crippen LogP contribution < -0.4 is 19.5 Å². The molecule has 0 aliphatic rings. The molecular weight excluding hydrogens is 431 g/mol. The quantitative estimate of drug-likeness (QED) is 0.431. The predicted molar refractivity (Wildman–Crippen MR) is 118 cm³/mol. The Morgan fingerprint density at radius 2 is 1.82 bits per heavy atom. The minimum absolute atomic E-state index is 0.00324. The molecule has 0 fully saturated rings. The summed E-state index contributed by atoms with van der Waals surface area (Å²) in [5.41, 5.74) is 1.51. The second kappa shape index (κ2) is 9.43. The number of carbonyl (C=O) groups excluding carboxylic acids is 1. The van der Waals surface area contributed by atoms with Crippen LogP contribution in [0, 0.1) is 5.82 Å². The van der Waals surface area contributed by atoms with Crippen molar-refractivity contribution in [3.63, 3.8) is 0 Å². The summed E-state index contributed by atoms with van der Waals surface area (Å²) in [6.07, 6.45) is 1.72. The average Bonchev–Trinajstić information content (AvgIpc) is 3.48. The van der Waals surface area contributed by atoms with Crippen LogP contribution in [0.25, 0.3) is 23.0 Å². The Labute approximate surface area is 188 Å². The van der Waals surface area contributed by atoms with Crippen LogP contribution in [0.5, 0.6) is 17.2 Å². The molecule has 0 aliphatic carbocycles. The third-order valence-corrected chi connectivity index (χ3v) is 4.83. The fourth-order valence-electron chi connectivity index (χ4n) is 3.23. The maximum Gasteiger partial charge on any atom is 0.274 e. The van der Waals surface area contributed by atoms with Gasteiger partial charge in [0.1, 0.15) is 23.7 Å². The lowest BCUT2D eigenvalue weighted by atomic mass is 10.2. The number of nitrogens with one attached hydrogen (secondary N) is 1. The van der Waals surface area contributed by atoms with Crippen molar-refractivity contribution in [1.29, 1.82) is 0 Å². The molecule has 2 aromatic heterocycles. The molecule has 0 radical (unpaired) electrons. The van der Waals surface area contributed by atoms with Crippen LogP contribution in [0.3, 0.4) is 0 Å². The number of anilines is 1. The summed E-state index contributed by atoms with van der Waals surface area (Å²) in [4.78, 5) is 17.0. The van der Waals surface area contributed by atoms with Crippen LogP contribution in [0.15, 0.2) is 59.3 Å². The van der Waals surface area contributed by atoms with Crippen LogP contribution in [0.1, 0.15) is 0 Å². The van der Waals surface area contributed by atoms with Crippen LogP contribution >= 0.6 is 0 Å². The summed E-state index contributed by atoms with van der Waals surface area (Å²) in [5, 5.41) is 6.75. The minimum atomic E-state index is -0.532. The van der Waals surface area contributed by atoms with Crippen molar-refractivity contribution in [2.45, 2.75) is 6.54 Å². The van der Waals surface area contributed by atoms with E-state index < -0.39 is 5.82 Å². The first-order valence-corrected chi connectivity index (χ1v) is 9.86. The van der Waals surface area contributed by atoms with E-state index in [1.165, 1.54) is 33.5 Å². The molecule has 0 atom stereocenters. The standard InChI is InChI=1S/C23H21FN4O5/c1-30-16-10-15(11-17(12-16)31-2)25-21(29)13-28-8-4-5-19(28)23-26-22(27-33-23)14-6-7-20(32-3)18(24)9-14/h4-12H,13H2,1-3H3,(H,25,29). The molecular formula is C23H21FN4O5. The summed E-state index contributed by atoms with van der Waals surface area (Å²) in [6.45, 7) is -0.00324. The molecule has 4 rings (SSSR count). The molecule has 0 spiro atoms. The van der Waals surface area contributed by atoms with E-state index in [1.54, 1.807) is 47.2 Å². The molecule has 4 aromatic rings. The molecule has 1 amide bonds. The molecule has 2 aromatic carbocycles. The van der Waals surface area contributed by atoms with Gasteiger partial charge in [0, 0.05) is 35.6 Å². The van der Waals surface area contributed by atoms with Gasteiger partial charge >= 0.3 is 0 Å². The minimum Gasteiger partial charge on any atom is -0.497 e. The Kier molecular flexibility index (Phi) is 6.25. The number of rotatable bonds is 8. The van der Waals surface area contributed by atoms with Crippen molar-refractivity contribution < 1.29 is 27.9 Å². The molecule has 1 N–H and O–H groups in total. The van der Waals surface area contributed by atoms with Gasteiger partial charge < -0.3 is 28.6 Å². The molecule has 0 bridgehead atoms. The van der Waals surface area contributed by atoms with Crippen LogP contribution in [-0.2, 0) is 11.3 Å². The van der Waals surface area contributed by atoms with E-state index in [0.717, 1.165) is 0 Å². The number of halogens is 1. The lowest BCUT2D eigenvalue weighted by molar-refractivity contribution is -0.116. The fourth-order valence-corrected chi connectivity index (χ4v) is 3.23. The van der Waals surface area contributed by atoms with Gasteiger partial charge in [-0.1, -0.05) is 5.16 Å². The fraction of sp³-hybridized carbons (Fsp3) is 0.174. The average molecular weight is 452 g/mol. The van der Waals surface area contributed by atoms with Gasteiger partial charge in [0.25, 0.3) is 5.89 Å². The number of nitrogens with zero attached hydrogens (tertiary/aromatic N) is 3. The maximum atomic E-state index is 14.0. The van der Waals surface area contributed by atoms with Gasteiger partial charge in [0.15, 0.2) is 11.6 Å². The van der Waals surface area contributed by atoms with Crippen molar-refractivity contribution in [3.05, 3.63) is 60.5 Å². The highest BCUT2D eigenvalue weighted by Crippen LogP contribution is 2.27. The highest BCUT2D eigenvalue weighted by atomic mass is 19.1. The van der Waals surface area contributed by atoms with Gasteiger partial charge in [0.05, 0.1) is 21.3 Å². The first-order valence-electron chi connectivity index (χ1n) is 9.86. The van der Waals surface area contributed by atoms with Crippen molar-refractivity contribution in [3.8, 4) is 40.2 Å². The molecule has 0 aliphatic heterocycles. The van der Waals surface area contributed by atoms with E-state index >= 15 is 0 Å². The first-order chi connectivity index (χ1) is 16.0. The largest absolute Gasteiger partial charge is 0.497 e. The van der Waals surface area contributed by atoms with Crippen molar-refractivity contribution in [2.24, 2.45) is 0 Å². The first kappa shape index (κ1) is 21.9. The van der Waals surface area contributed by atoms with Gasteiger partial charge in [-0.15, -0.1) is 0 Å². The normalized spacial score (nSPS) is 10.7. The van der Waals surface area contributed by atoms with Crippen LogP contribution in [0.2, 0.25) is 0 Å². The van der Waals surface area contributed by atoms with E-state index in [0.29, 0.717) is 28.4 Å². The number of carbonyl (C=O) groups is 1. The van der Waals surface area contributed by atoms with Gasteiger partial charge in [-0.2, -0.15) is 4.98 Å². The van der Waals surface area contributed by atoms with Crippen molar-refractivity contribution in [1.82, 2.24) is 14.7 Å². The van der Waals surface area contributed by atoms with E-state index in [2.05, 4.69) is 15.5 Å². The van der Waals surface area contributed by atoms with E-state index in [9.17, 15) is 9.18 Å². The summed E-state index contributed by atoms with van der Waals surface area (Å²) in [7, 11) is 4.45. The second-order valence-electron chi connectivity index (χ2n) is 6.94. The molecule has 2 heterocycles. The number of hydrogen-bond acceptors (Lipinski definition) is 7. The molecule has 170 valence electrons. The van der Waals surface area contributed by atoms with Gasteiger partial charge in [-0.3, -0.25) is 4.79 Å². The molecule has 33 heavy (non-hydrogen) atoms. The number of methoxy groups -OCH3 is 3.